The molecule has 0 saturated carbocycles. The van der Waals surface area contributed by atoms with Crippen molar-refractivity contribution < 1.29 is 9.79 Å². The number of rotatable bonds is 4. The Bertz CT molecular complexity index is 192. The van der Waals surface area contributed by atoms with E-state index in [9.17, 15) is 0 Å². The van der Waals surface area contributed by atoms with E-state index in [0.717, 1.165) is 0 Å². The van der Waals surface area contributed by atoms with E-state index in [1.54, 1.807) is 24.3 Å². The van der Waals surface area contributed by atoms with Crippen LogP contribution in [0.1, 0.15) is 0 Å². The van der Waals surface area contributed by atoms with Crippen molar-refractivity contribution in [3.05, 3.63) is 48.9 Å². The molecule has 60 valence electrons. The van der Waals surface area contributed by atoms with Gasteiger partial charge in [-0.1, -0.05) is 37.5 Å². The van der Waals surface area contributed by atoms with Crippen LogP contribution in [0.25, 0.3) is 0 Å². The SMILES string of the molecule is C=C/C=C\C(=C/C=C)P(O)O. The lowest BCUT2D eigenvalue weighted by Gasteiger charge is -2.00. The van der Waals surface area contributed by atoms with E-state index in [1.165, 1.54) is 6.08 Å². The van der Waals surface area contributed by atoms with Crippen molar-refractivity contribution in [2.24, 2.45) is 0 Å². The Hall–Kier alpha value is -0.690. The van der Waals surface area contributed by atoms with Gasteiger partial charge >= 0.3 is 0 Å². The molecule has 0 aliphatic carbocycles. The van der Waals surface area contributed by atoms with Crippen molar-refractivity contribution in [1.29, 1.82) is 0 Å². The molecule has 0 rings (SSSR count). The van der Waals surface area contributed by atoms with Gasteiger partial charge in [-0.2, -0.15) is 0 Å². The zero-order valence-electron chi connectivity index (χ0n) is 6.14. The zero-order chi connectivity index (χ0) is 8.69. The smallest absolute Gasteiger partial charge is 0.199 e. The Morgan fingerprint density at radius 2 is 1.82 bits per heavy atom. The molecule has 0 saturated heterocycles. The summed E-state index contributed by atoms with van der Waals surface area (Å²) in [4.78, 5) is 17.6. The van der Waals surface area contributed by atoms with Gasteiger partial charge in [0.2, 0.25) is 0 Å². The fraction of sp³-hybridized carbons (Fsp3) is 0. The van der Waals surface area contributed by atoms with Gasteiger partial charge in [0.15, 0.2) is 8.38 Å². The fourth-order valence-electron chi connectivity index (χ4n) is 0.476. The highest BCUT2D eigenvalue weighted by molar-refractivity contribution is 7.50. The highest BCUT2D eigenvalue weighted by Gasteiger charge is 2.00. The summed E-state index contributed by atoms with van der Waals surface area (Å²) in [6.07, 6.45) is 7.84. The molecule has 0 unspecified atom stereocenters. The third-order valence-electron chi connectivity index (χ3n) is 0.923. The van der Waals surface area contributed by atoms with Gasteiger partial charge in [0.25, 0.3) is 0 Å². The molecule has 2 nitrogen and oxygen atoms in total. The summed E-state index contributed by atoms with van der Waals surface area (Å²) in [6, 6.07) is 0. The van der Waals surface area contributed by atoms with E-state index in [-0.39, 0.29) is 0 Å². The molecule has 0 radical (unpaired) electrons. The molecule has 0 aliphatic heterocycles. The molecule has 0 aliphatic rings. The van der Waals surface area contributed by atoms with Crippen LogP contribution in [0.4, 0.5) is 0 Å². The second-order valence-electron chi connectivity index (χ2n) is 1.71. The van der Waals surface area contributed by atoms with Crippen molar-refractivity contribution in [2.75, 3.05) is 0 Å². The minimum atomic E-state index is -2.03. The highest BCUT2D eigenvalue weighted by atomic mass is 31.2. The van der Waals surface area contributed by atoms with Gasteiger partial charge in [-0.15, -0.1) is 0 Å². The summed E-state index contributed by atoms with van der Waals surface area (Å²) < 4.78 is 0. The quantitative estimate of drug-likeness (QED) is 0.501. The van der Waals surface area contributed by atoms with Crippen LogP contribution in [0.3, 0.4) is 0 Å². The Kier molecular flexibility index (Phi) is 5.67. The fourth-order valence-corrected chi connectivity index (χ4v) is 0.934. The molecule has 0 aromatic rings. The summed E-state index contributed by atoms with van der Waals surface area (Å²) in [5.41, 5.74) is 0. The Labute approximate surface area is 67.8 Å². The molecule has 0 amide bonds. The van der Waals surface area contributed by atoms with Gasteiger partial charge in [0, 0.05) is 5.31 Å². The zero-order valence-corrected chi connectivity index (χ0v) is 7.04. The number of hydrogen-bond donors (Lipinski definition) is 2. The molecule has 0 aromatic carbocycles. The van der Waals surface area contributed by atoms with Gasteiger partial charge < -0.3 is 9.79 Å². The lowest BCUT2D eigenvalue weighted by Crippen LogP contribution is -1.73. The van der Waals surface area contributed by atoms with E-state index < -0.39 is 8.38 Å². The second kappa shape index (κ2) is 6.05. The van der Waals surface area contributed by atoms with Gasteiger partial charge in [0.1, 0.15) is 0 Å². The summed E-state index contributed by atoms with van der Waals surface area (Å²) >= 11 is 0. The maximum atomic E-state index is 8.79. The highest BCUT2D eigenvalue weighted by Crippen LogP contribution is 2.35. The minimum absolute atomic E-state index is 0.454. The second-order valence-corrected chi connectivity index (χ2v) is 2.81. The molecule has 0 spiro atoms. The number of hydrogen-bond acceptors (Lipinski definition) is 2. The maximum Gasteiger partial charge on any atom is 0.199 e. The van der Waals surface area contributed by atoms with Crippen LogP contribution in [0.15, 0.2) is 48.9 Å². The predicted molar refractivity (Wildman–Crippen MR) is 49.0 cm³/mol. The first kappa shape index (κ1) is 10.3. The summed E-state index contributed by atoms with van der Waals surface area (Å²) in [6.45, 7) is 6.90. The van der Waals surface area contributed by atoms with Crippen LogP contribution in [0.5, 0.6) is 0 Å². The largest absolute Gasteiger partial charge is 0.347 e. The van der Waals surface area contributed by atoms with Crippen LogP contribution < -0.4 is 0 Å². The van der Waals surface area contributed by atoms with E-state index >= 15 is 0 Å². The van der Waals surface area contributed by atoms with E-state index in [1.807, 2.05) is 0 Å². The van der Waals surface area contributed by atoms with Crippen LogP contribution in [0.2, 0.25) is 0 Å². The monoisotopic (exact) mass is 170 g/mol. The molecular formula is C8H11O2P. The maximum absolute atomic E-state index is 8.79. The van der Waals surface area contributed by atoms with Crippen LogP contribution >= 0.6 is 8.38 Å². The van der Waals surface area contributed by atoms with Crippen LogP contribution in [-0.4, -0.2) is 9.79 Å². The Morgan fingerprint density at radius 3 is 2.18 bits per heavy atom. The summed E-state index contributed by atoms with van der Waals surface area (Å²) in [5.74, 6) is 0. The third kappa shape index (κ3) is 4.68. The van der Waals surface area contributed by atoms with Gasteiger partial charge in [-0.25, -0.2) is 0 Å². The Balaban J connectivity index is 4.34. The van der Waals surface area contributed by atoms with Crippen LogP contribution in [0, 0.1) is 0 Å². The molecule has 0 aromatic heterocycles. The molecule has 0 heterocycles. The standard InChI is InChI=1S/C8H11O2P/c1-3-5-7-8(6-4-2)11(9)10/h3-7,9-10H,1-2H2/b7-5-,8-6+. The van der Waals surface area contributed by atoms with E-state index in [4.69, 9.17) is 9.79 Å². The average Bonchev–Trinajstić information content (AvgIpc) is 1.97. The average molecular weight is 170 g/mol. The summed E-state index contributed by atoms with van der Waals surface area (Å²) in [7, 11) is -2.03. The van der Waals surface area contributed by atoms with Crippen molar-refractivity contribution in [1.82, 2.24) is 0 Å². The van der Waals surface area contributed by atoms with Crippen LogP contribution in [-0.2, 0) is 0 Å². The normalized spacial score (nSPS) is 12.5. The first-order valence-electron chi connectivity index (χ1n) is 3.02. The third-order valence-corrected chi connectivity index (χ3v) is 1.68. The molecule has 0 bridgehead atoms. The summed E-state index contributed by atoms with van der Waals surface area (Å²) in [5, 5.41) is 0.454. The molecule has 2 N–H and O–H groups in total. The lowest BCUT2D eigenvalue weighted by molar-refractivity contribution is 0.493. The first-order valence-corrected chi connectivity index (χ1v) is 4.26. The minimum Gasteiger partial charge on any atom is -0.347 e. The van der Waals surface area contributed by atoms with Crippen molar-refractivity contribution in [3.63, 3.8) is 0 Å². The van der Waals surface area contributed by atoms with E-state index in [2.05, 4.69) is 13.2 Å². The van der Waals surface area contributed by atoms with Gasteiger partial charge in [0.05, 0.1) is 0 Å². The topological polar surface area (TPSA) is 40.5 Å². The lowest BCUT2D eigenvalue weighted by atomic mass is 10.4. The number of allylic oxidation sites excluding steroid dienone is 6. The molecule has 3 heteroatoms. The molecule has 0 fully saturated rings. The van der Waals surface area contributed by atoms with E-state index in [0.29, 0.717) is 5.31 Å². The predicted octanol–water partition coefficient (Wildman–Crippen LogP) is 2.10. The van der Waals surface area contributed by atoms with Crippen molar-refractivity contribution in [3.8, 4) is 0 Å². The van der Waals surface area contributed by atoms with Gasteiger partial charge in [-0.3, -0.25) is 0 Å². The molecule has 11 heavy (non-hydrogen) atoms. The molecule has 0 atom stereocenters. The van der Waals surface area contributed by atoms with Crippen molar-refractivity contribution >= 4 is 8.38 Å². The molecular weight excluding hydrogens is 159 g/mol. The van der Waals surface area contributed by atoms with Crippen molar-refractivity contribution in [2.45, 2.75) is 0 Å². The van der Waals surface area contributed by atoms with Gasteiger partial charge in [-0.05, 0) is 6.08 Å². The first-order chi connectivity index (χ1) is 5.22. The Morgan fingerprint density at radius 1 is 1.18 bits per heavy atom.